The van der Waals surface area contributed by atoms with Crippen LogP contribution in [0.3, 0.4) is 0 Å². The highest BCUT2D eigenvalue weighted by molar-refractivity contribution is 5.78. The van der Waals surface area contributed by atoms with Gasteiger partial charge in [-0.25, -0.2) is 0 Å². The number of likely N-dealkylation sites (tertiary alicyclic amines) is 1. The largest absolute Gasteiger partial charge is 0.480 e. The first-order chi connectivity index (χ1) is 8.23. The van der Waals surface area contributed by atoms with Gasteiger partial charge in [0.15, 0.2) is 0 Å². The van der Waals surface area contributed by atoms with E-state index in [4.69, 9.17) is 0 Å². The minimum Gasteiger partial charge on any atom is -0.480 e. The lowest BCUT2D eigenvalue weighted by molar-refractivity contribution is -0.146. The number of piperidine rings is 2. The lowest BCUT2D eigenvalue weighted by Gasteiger charge is -2.37. The molecule has 0 spiro atoms. The highest BCUT2D eigenvalue weighted by Crippen LogP contribution is 2.24. The van der Waals surface area contributed by atoms with E-state index in [1.165, 1.54) is 19.3 Å². The van der Waals surface area contributed by atoms with Crippen LogP contribution in [-0.4, -0.2) is 47.7 Å². The van der Waals surface area contributed by atoms with Crippen molar-refractivity contribution in [2.75, 3.05) is 26.2 Å². The zero-order chi connectivity index (χ0) is 12.1. The fourth-order valence-electron chi connectivity index (χ4n) is 3.00. The van der Waals surface area contributed by atoms with Gasteiger partial charge in [0.1, 0.15) is 5.54 Å². The molecule has 0 bridgehead atoms. The maximum absolute atomic E-state index is 11.5. The van der Waals surface area contributed by atoms with Crippen LogP contribution in [0.15, 0.2) is 0 Å². The molecule has 1 atom stereocenters. The van der Waals surface area contributed by atoms with Gasteiger partial charge in [0.2, 0.25) is 0 Å². The lowest BCUT2D eigenvalue weighted by atomic mass is 9.85. The number of aliphatic carboxylic acids is 1. The van der Waals surface area contributed by atoms with E-state index in [2.05, 4.69) is 10.2 Å². The average molecular weight is 240 g/mol. The highest BCUT2D eigenvalue weighted by atomic mass is 16.4. The van der Waals surface area contributed by atoms with Gasteiger partial charge in [-0.2, -0.15) is 0 Å². The van der Waals surface area contributed by atoms with E-state index in [1.54, 1.807) is 0 Å². The number of nitrogens with zero attached hydrogens (tertiary/aromatic N) is 1. The van der Waals surface area contributed by atoms with E-state index < -0.39 is 11.5 Å². The Hall–Kier alpha value is -0.610. The van der Waals surface area contributed by atoms with Gasteiger partial charge in [0.05, 0.1) is 0 Å². The van der Waals surface area contributed by atoms with Crippen molar-refractivity contribution in [3.63, 3.8) is 0 Å². The van der Waals surface area contributed by atoms with E-state index in [9.17, 15) is 9.90 Å². The van der Waals surface area contributed by atoms with E-state index in [0.29, 0.717) is 0 Å². The molecule has 0 amide bonds. The molecule has 4 heteroatoms. The number of hydrogen-bond acceptors (Lipinski definition) is 3. The van der Waals surface area contributed by atoms with Gasteiger partial charge in [-0.05, 0) is 58.2 Å². The highest BCUT2D eigenvalue weighted by Gasteiger charge is 2.39. The van der Waals surface area contributed by atoms with Gasteiger partial charge in [0, 0.05) is 6.54 Å². The Bertz CT molecular complexity index is 256. The molecule has 2 heterocycles. The summed E-state index contributed by atoms with van der Waals surface area (Å²) < 4.78 is 0. The quantitative estimate of drug-likeness (QED) is 0.781. The number of hydrogen-bond donors (Lipinski definition) is 2. The molecule has 0 saturated carbocycles. The van der Waals surface area contributed by atoms with Crippen molar-refractivity contribution in [2.45, 2.75) is 50.5 Å². The van der Waals surface area contributed by atoms with Crippen molar-refractivity contribution >= 4 is 5.97 Å². The monoisotopic (exact) mass is 240 g/mol. The van der Waals surface area contributed by atoms with Crippen LogP contribution in [0.25, 0.3) is 0 Å². The summed E-state index contributed by atoms with van der Waals surface area (Å²) in [5, 5.41) is 12.7. The first kappa shape index (κ1) is 12.8. The van der Waals surface area contributed by atoms with Crippen molar-refractivity contribution in [3.8, 4) is 0 Å². The molecule has 2 N–H and O–H groups in total. The maximum atomic E-state index is 11.5. The van der Waals surface area contributed by atoms with Crippen molar-refractivity contribution in [3.05, 3.63) is 0 Å². The van der Waals surface area contributed by atoms with Crippen molar-refractivity contribution in [2.24, 2.45) is 0 Å². The van der Waals surface area contributed by atoms with Crippen LogP contribution in [0.2, 0.25) is 0 Å². The molecular formula is C13H24N2O2. The Kier molecular flexibility index (Phi) is 4.40. The third kappa shape index (κ3) is 3.19. The Morgan fingerprint density at radius 1 is 1.18 bits per heavy atom. The van der Waals surface area contributed by atoms with Gasteiger partial charge < -0.3 is 15.3 Å². The lowest BCUT2D eigenvalue weighted by Crippen LogP contribution is -2.56. The number of rotatable bonds is 4. The molecule has 0 radical (unpaired) electrons. The summed E-state index contributed by atoms with van der Waals surface area (Å²) in [4.78, 5) is 13.9. The maximum Gasteiger partial charge on any atom is 0.323 e. The first-order valence-corrected chi connectivity index (χ1v) is 6.94. The van der Waals surface area contributed by atoms with Crippen LogP contribution in [0, 0.1) is 0 Å². The SMILES string of the molecule is O=C(O)C1(CCN2CCCCC2)CCCCN1. The molecule has 17 heavy (non-hydrogen) atoms. The van der Waals surface area contributed by atoms with Crippen molar-refractivity contribution in [1.29, 1.82) is 0 Å². The van der Waals surface area contributed by atoms with E-state index in [-0.39, 0.29) is 0 Å². The second-order valence-electron chi connectivity index (χ2n) is 5.42. The van der Waals surface area contributed by atoms with Gasteiger partial charge >= 0.3 is 5.97 Å². The second-order valence-corrected chi connectivity index (χ2v) is 5.42. The topological polar surface area (TPSA) is 52.6 Å². The number of nitrogens with one attached hydrogen (secondary N) is 1. The van der Waals surface area contributed by atoms with Crippen LogP contribution in [-0.2, 0) is 4.79 Å². The predicted molar refractivity (Wildman–Crippen MR) is 67.1 cm³/mol. The Balaban J connectivity index is 1.86. The van der Waals surface area contributed by atoms with Gasteiger partial charge in [0.25, 0.3) is 0 Å². The van der Waals surface area contributed by atoms with Crippen LogP contribution in [0.5, 0.6) is 0 Å². The molecule has 2 aliphatic heterocycles. The Labute approximate surface area is 103 Å². The standard InChI is InChI=1S/C13H24N2O2/c16-12(17)13(6-2-3-8-14-13)7-11-15-9-4-1-5-10-15/h14H,1-11H2,(H,16,17). The molecule has 0 aromatic heterocycles. The second kappa shape index (κ2) is 5.83. The van der Waals surface area contributed by atoms with E-state index in [0.717, 1.165) is 51.9 Å². The zero-order valence-corrected chi connectivity index (χ0v) is 10.6. The minimum absolute atomic E-state index is 0.643. The van der Waals surface area contributed by atoms with Gasteiger partial charge in [-0.15, -0.1) is 0 Å². The molecule has 0 aliphatic carbocycles. The number of carboxylic acid groups (broad SMARTS) is 1. The molecule has 2 aliphatic rings. The summed E-state index contributed by atoms with van der Waals surface area (Å²) in [7, 11) is 0. The normalized spacial score (nSPS) is 31.3. The summed E-state index contributed by atoms with van der Waals surface area (Å²) in [5.74, 6) is -0.658. The Morgan fingerprint density at radius 2 is 1.94 bits per heavy atom. The average Bonchev–Trinajstić information content (AvgIpc) is 2.38. The van der Waals surface area contributed by atoms with Crippen LogP contribution < -0.4 is 5.32 Å². The minimum atomic E-state index is -0.658. The van der Waals surface area contributed by atoms with Gasteiger partial charge in [-0.3, -0.25) is 4.79 Å². The fraction of sp³-hybridized carbons (Fsp3) is 0.923. The number of carboxylic acids is 1. The van der Waals surface area contributed by atoms with Crippen molar-refractivity contribution < 1.29 is 9.90 Å². The molecule has 2 rings (SSSR count). The summed E-state index contributed by atoms with van der Waals surface area (Å²) in [6.07, 6.45) is 7.57. The van der Waals surface area contributed by atoms with Crippen LogP contribution >= 0.6 is 0 Å². The summed E-state index contributed by atoms with van der Waals surface area (Å²) >= 11 is 0. The molecule has 0 aromatic rings. The third-order valence-corrected chi connectivity index (χ3v) is 4.21. The summed E-state index contributed by atoms with van der Waals surface area (Å²) in [6, 6.07) is 0. The smallest absolute Gasteiger partial charge is 0.323 e. The third-order valence-electron chi connectivity index (χ3n) is 4.21. The Morgan fingerprint density at radius 3 is 2.53 bits per heavy atom. The summed E-state index contributed by atoms with van der Waals surface area (Å²) in [5.41, 5.74) is -0.643. The van der Waals surface area contributed by atoms with E-state index >= 15 is 0 Å². The molecule has 4 nitrogen and oxygen atoms in total. The molecular weight excluding hydrogens is 216 g/mol. The summed E-state index contributed by atoms with van der Waals surface area (Å²) in [6.45, 7) is 4.08. The molecule has 1 unspecified atom stereocenters. The van der Waals surface area contributed by atoms with Crippen molar-refractivity contribution in [1.82, 2.24) is 10.2 Å². The molecule has 98 valence electrons. The fourth-order valence-corrected chi connectivity index (χ4v) is 3.00. The zero-order valence-electron chi connectivity index (χ0n) is 10.6. The molecule has 2 saturated heterocycles. The molecule has 0 aromatic carbocycles. The van der Waals surface area contributed by atoms with E-state index in [1.807, 2.05) is 0 Å². The molecule has 2 fully saturated rings. The van der Waals surface area contributed by atoms with Crippen LogP contribution in [0.1, 0.15) is 44.9 Å². The number of carbonyl (C=O) groups is 1. The predicted octanol–water partition coefficient (Wildman–Crippen LogP) is 1.46. The van der Waals surface area contributed by atoms with Crippen LogP contribution in [0.4, 0.5) is 0 Å². The van der Waals surface area contributed by atoms with Gasteiger partial charge in [-0.1, -0.05) is 6.42 Å². The first-order valence-electron chi connectivity index (χ1n) is 6.94.